The van der Waals surface area contributed by atoms with Gasteiger partial charge in [0.1, 0.15) is 137 Å². The number of phenolic OH excluding ortho intramolecular Hbond substituents is 4. The number of amides is 8. The Morgan fingerprint density at radius 1 is 0.535 bits per heavy atom. The van der Waals surface area contributed by atoms with Gasteiger partial charge in [-0.05, 0) is 158 Å². The summed E-state index contributed by atoms with van der Waals surface area (Å²) in [7, 11) is 1.44. The monoisotopic (exact) mass is 1830 g/mol. The van der Waals surface area contributed by atoms with Gasteiger partial charge in [-0.3, -0.25) is 38.4 Å². The molecule has 0 aromatic heterocycles. The predicted octanol–water partition coefficient (Wildman–Crippen LogP) is 3.45. The maximum absolute atomic E-state index is 16.9. The van der Waals surface area contributed by atoms with E-state index in [-0.39, 0.29) is 59.9 Å². The van der Waals surface area contributed by atoms with E-state index in [9.17, 15) is 70.9 Å². The Bertz CT molecular complexity index is 5270. The molecule has 40 heteroatoms. The normalized spacial score (nSPS) is 25.7. The van der Waals surface area contributed by atoms with Crippen LogP contribution in [0.1, 0.15) is 153 Å². The molecule has 0 radical (unpaired) electrons. The number of unbranched alkanes of at least 4 members (excludes halogenated alkanes) is 5. The van der Waals surface area contributed by atoms with Crippen molar-refractivity contribution in [3.63, 3.8) is 0 Å². The highest BCUT2D eigenvalue weighted by atomic mass is 35.5. The minimum Gasteiger partial charge on any atom is -0.508 e. The summed E-state index contributed by atoms with van der Waals surface area (Å²) >= 11 is 14.4. The van der Waals surface area contributed by atoms with Crippen molar-refractivity contribution in [3.05, 3.63) is 164 Å². The summed E-state index contributed by atoms with van der Waals surface area (Å²) in [5.41, 5.74) is 3.22. The molecule has 0 spiro atoms. The zero-order chi connectivity index (χ0) is 92.3. The molecule has 18 atom stereocenters. The highest BCUT2D eigenvalue weighted by molar-refractivity contribution is 6.33. The van der Waals surface area contributed by atoms with E-state index in [1.54, 1.807) is 0 Å². The SMILES string of the molecule is CN[C@H]1C(=O)N[C@@H]2Cc3ccc(cc3)Oc3cc4cc(c3O[C@@H]3O[C@H](CO)[C@@H](O)[C@H](O)[C@H]3NC(=O)CCCCCCCCC(C)C)Oc3ccc(cc3Cl)[C@@H](O)[C@@H]3NC(=O)[C@H](NC(=O)[C@@H]4NC(=O)[C@@H](NC2=O)c2cc(cc(O)c2Cl)Oc2cc1ccc2O)c1ccc(O)c(c1)-c1c(O[C@H]2O[C@H](CO)[C@@H](O)[C@H](O)[C@@H]2O)cc(O)cc1[C@H](C(=O)NCCCNCCCN)NC3=O. The first-order valence-corrected chi connectivity index (χ1v) is 43.2. The molecule has 2 fully saturated rings. The van der Waals surface area contributed by atoms with Crippen LogP contribution in [0.5, 0.6) is 69.0 Å². The van der Waals surface area contributed by atoms with Crippen molar-refractivity contribution in [1.29, 1.82) is 0 Å². The number of aliphatic hydroxyl groups excluding tert-OH is 8. The highest BCUT2D eigenvalue weighted by Gasteiger charge is 2.50. The number of aromatic hydroxyl groups is 4. The number of hydrogen-bond donors (Lipinski definition) is 23. The van der Waals surface area contributed by atoms with Crippen LogP contribution in [0.25, 0.3) is 11.1 Å². The van der Waals surface area contributed by atoms with E-state index in [0.29, 0.717) is 50.4 Å². The number of halogens is 2. The van der Waals surface area contributed by atoms with Gasteiger partial charge in [0.25, 0.3) is 0 Å². The first-order valence-electron chi connectivity index (χ1n) is 42.4. The number of carbonyl (C=O) groups excluding carboxylic acids is 8. The van der Waals surface area contributed by atoms with E-state index in [2.05, 4.69) is 67.0 Å². The van der Waals surface area contributed by atoms with Gasteiger partial charge >= 0.3 is 0 Å². The van der Waals surface area contributed by atoms with Gasteiger partial charge in [-0.15, -0.1) is 0 Å². The molecule has 17 bridgehead atoms. The van der Waals surface area contributed by atoms with Crippen molar-refractivity contribution < 1.29 is 133 Å². The molecule has 692 valence electrons. The molecular weight excluding hydrogens is 1730 g/mol. The Hall–Kier alpha value is -11.4. The fourth-order valence-electron chi connectivity index (χ4n) is 16.1. The molecule has 7 aromatic carbocycles. The smallest absolute Gasteiger partial charge is 0.248 e. The Balaban J connectivity index is 1.03. The van der Waals surface area contributed by atoms with Gasteiger partial charge in [-0.25, -0.2) is 0 Å². The third-order valence-corrected chi connectivity index (χ3v) is 23.8. The molecule has 0 unspecified atom stereocenters. The van der Waals surface area contributed by atoms with Gasteiger partial charge in [0.05, 0.1) is 23.3 Å². The van der Waals surface area contributed by atoms with Gasteiger partial charge in [0.2, 0.25) is 65.6 Å². The lowest BCUT2D eigenvalue weighted by Gasteiger charge is -2.42. The molecule has 8 amide bonds. The number of rotatable bonds is 25. The van der Waals surface area contributed by atoms with Gasteiger partial charge < -0.3 is 153 Å². The number of phenols is 4. The minimum atomic E-state index is -2.41. The van der Waals surface area contributed by atoms with Crippen molar-refractivity contribution in [3.8, 4) is 80.1 Å². The van der Waals surface area contributed by atoms with Gasteiger partial charge in [0.15, 0.2) is 23.0 Å². The van der Waals surface area contributed by atoms with Gasteiger partial charge in [-0.1, -0.05) is 106 Å². The number of fused-ring (bicyclic) bond motifs is 14. The van der Waals surface area contributed by atoms with Crippen molar-refractivity contribution in [1.82, 2.24) is 53.2 Å². The first-order chi connectivity index (χ1) is 61.8. The quantitative estimate of drug-likeness (QED) is 0.0364. The van der Waals surface area contributed by atoms with E-state index in [1.165, 1.54) is 61.6 Å². The summed E-state index contributed by atoms with van der Waals surface area (Å²) in [4.78, 5) is 125. The lowest BCUT2D eigenvalue weighted by molar-refractivity contribution is -0.277. The fraction of sp³-hybridized carbons (Fsp3) is 0.438. The number of hydrogen-bond acceptors (Lipinski definition) is 30. The number of benzene rings is 7. The second-order valence-electron chi connectivity index (χ2n) is 32.8. The summed E-state index contributed by atoms with van der Waals surface area (Å²) in [5, 5.41) is 165. The molecule has 24 N–H and O–H groups in total. The first kappa shape index (κ1) is 95.2. The molecule has 0 saturated carbocycles. The summed E-state index contributed by atoms with van der Waals surface area (Å²) in [5.74, 6) is -14.9. The standard InChI is InChI=1S/C89H105Cl2N11O27/c1-40(2)12-8-6-4-5-7-9-13-64(109)97-73-77(113)75(111)62(38-103)127-88(73)129-80-60-32-45-33-61(80)125-57-23-18-44(30-52(57)90)74(110)72-87(122)101-70(82(117)95-27-11-26-94-25-10-24-92)50-34-46(105)35-59(126-89-79(115)78(114)76(112)63(39-104)128-89)65(50)49-29-42(16-21-54(49)106)68(84(119)102-72)98-85(120)69(45)99-86(121)71-51-36-48(37-56(108)66(51)91)124-58-31-43(17-22-55(58)107)67(93-3)83(118)96-53(81(116)100-71)28-41-14-19-47(123-60)20-15-41/h14-23,29-37,40,53,62-63,67-79,88-89,93-94,103-108,110-115H,4-13,24-28,38-39,92H2,1-3H3,(H,95,117)(H,96,118)(H,97,109)(H,98,120)(H,99,121)(H,100,116)(H,101,122)(H,102,119)/t53-,62-,63-,67-,68-,69-,70-,71+,72+,73-,74-,75-,76-,77-,78+,79+,88+,89+/m1/s1. The van der Waals surface area contributed by atoms with Gasteiger partial charge in [-0.2, -0.15) is 0 Å². The molecule has 129 heavy (non-hydrogen) atoms. The van der Waals surface area contributed by atoms with Crippen molar-refractivity contribution in [2.24, 2.45) is 11.7 Å². The van der Waals surface area contributed by atoms with Crippen molar-refractivity contribution in [2.45, 2.75) is 194 Å². The second-order valence-corrected chi connectivity index (χ2v) is 33.5. The van der Waals surface area contributed by atoms with Crippen LogP contribution in [-0.4, -0.2) is 228 Å². The summed E-state index contributed by atoms with van der Waals surface area (Å²) in [6, 6.07) is 6.50. The number of nitrogens with two attached hydrogens (primary N) is 1. The number of ether oxygens (including phenoxy) is 7. The highest BCUT2D eigenvalue weighted by Crippen LogP contribution is 2.51. The fourth-order valence-corrected chi connectivity index (χ4v) is 16.5. The third-order valence-electron chi connectivity index (χ3n) is 23.1. The molecule has 8 aliphatic heterocycles. The number of likely N-dealkylation sites (N-methyl/N-ethyl adjacent to an activating group) is 1. The Morgan fingerprint density at radius 3 is 1.87 bits per heavy atom. The number of aliphatic hydroxyl groups is 8. The average Bonchev–Trinajstić information content (AvgIpc) is 0.756. The van der Waals surface area contributed by atoms with Crippen molar-refractivity contribution in [2.75, 3.05) is 46.4 Å². The zero-order valence-electron chi connectivity index (χ0n) is 70.3. The van der Waals surface area contributed by atoms with Crippen LogP contribution in [0.3, 0.4) is 0 Å². The maximum atomic E-state index is 16.9. The zero-order valence-corrected chi connectivity index (χ0v) is 71.8. The van der Waals surface area contributed by atoms with Crippen LogP contribution in [0, 0.1) is 5.92 Å². The van der Waals surface area contributed by atoms with Crippen LogP contribution in [-0.2, 0) is 54.3 Å². The topological polar surface area (TPSA) is 590 Å². The average molecular weight is 1830 g/mol. The molecule has 0 aliphatic carbocycles. The van der Waals surface area contributed by atoms with E-state index in [0.717, 1.165) is 92.8 Å². The molecule has 8 heterocycles. The lowest BCUT2D eigenvalue weighted by atomic mass is 9.89. The van der Waals surface area contributed by atoms with Crippen LogP contribution < -0.4 is 82.6 Å². The number of carbonyl (C=O) groups is 8. The lowest BCUT2D eigenvalue weighted by Crippen LogP contribution is -2.65. The van der Waals surface area contributed by atoms with Crippen molar-refractivity contribution >= 4 is 70.5 Å². The summed E-state index contributed by atoms with van der Waals surface area (Å²) in [6.45, 7) is 3.50. The third kappa shape index (κ3) is 22.0. The minimum absolute atomic E-state index is 0.0784. The summed E-state index contributed by atoms with van der Waals surface area (Å²) in [6.07, 6.45) is -13.4. The predicted molar refractivity (Wildman–Crippen MR) is 460 cm³/mol. The molecule has 38 nitrogen and oxygen atoms in total. The second kappa shape index (κ2) is 42.4. The van der Waals surface area contributed by atoms with Crippen LogP contribution in [0.4, 0.5) is 0 Å². The Kier molecular flexibility index (Phi) is 31.3. The van der Waals surface area contributed by atoms with Crippen LogP contribution >= 0.6 is 23.2 Å². The maximum Gasteiger partial charge on any atom is 0.248 e. The molecule has 15 rings (SSSR count). The van der Waals surface area contributed by atoms with E-state index in [4.69, 9.17) is 62.1 Å². The molecular formula is C89H105Cl2N11O27. The van der Waals surface area contributed by atoms with E-state index >= 15 is 28.8 Å². The molecule has 8 aliphatic rings. The van der Waals surface area contributed by atoms with Gasteiger partial charge in [0, 0.05) is 48.2 Å². The molecule has 7 aromatic rings. The Labute approximate surface area is 749 Å². The van der Waals surface area contributed by atoms with Crippen LogP contribution in [0.15, 0.2) is 115 Å². The van der Waals surface area contributed by atoms with E-state index in [1.807, 2.05) is 0 Å². The summed E-state index contributed by atoms with van der Waals surface area (Å²) < 4.78 is 45.0. The van der Waals surface area contributed by atoms with E-state index < -0.39 is 260 Å². The van der Waals surface area contributed by atoms with Crippen LogP contribution in [0.2, 0.25) is 10.0 Å². The number of nitrogens with one attached hydrogen (secondary N) is 10. The largest absolute Gasteiger partial charge is 0.508 e. The Morgan fingerprint density at radius 2 is 1.16 bits per heavy atom. The molecule has 2 saturated heterocycles.